The summed E-state index contributed by atoms with van der Waals surface area (Å²) in [5.74, 6) is -1.33. The molecular formula is C21H24FN3O4. The quantitative estimate of drug-likeness (QED) is 0.795. The van der Waals surface area contributed by atoms with Gasteiger partial charge in [0.2, 0.25) is 0 Å². The SMILES string of the molecule is CC1=C(C(=O)OCC(C)C)[C@@H](c2ccc(F)cc2)c2c(n(C)c(=O)n(C)c2=O)N1. The van der Waals surface area contributed by atoms with Gasteiger partial charge in [0, 0.05) is 19.8 Å². The van der Waals surface area contributed by atoms with Gasteiger partial charge in [0.05, 0.1) is 23.7 Å². The molecule has 0 saturated carbocycles. The molecule has 0 spiro atoms. The third-order valence-electron chi connectivity index (χ3n) is 4.96. The highest BCUT2D eigenvalue weighted by molar-refractivity contribution is 5.94. The molecule has 2 aromatic rings. The van der Waals surface area contributed by atoms with Gasteiger partial charge in [-0.2, -0.15) is 0 Å². The van der Waals surface area contributed by atoms with Crippen molar-refractivity contribution in [2.24, 2.45) is 20.0 Å². The van der Waals surface area contributed by atoms with Gasteiger partial charge in [-0.1, -0.05) is 26.0 Å². The highest BCUT2D eigenvalue weighted by Crippen LogP contribution is 2.39. The van der Waals surface area contributed by atoms with Gasteiger partial charge in [-0.3, -0.25) is 13.9 Å². The first-order valence-corrected chi connectivity index (χ1v) is 9.33. The normalized spacial score (nSPS) is 15.9. The molecule has 0 radical (unpaired) electrons. The second kappa shape index (κ2) is 7.69. The molecule has 1 N–H and O–H groups in total. The molecule has 1 aromatic heterocycles. The van der Waals surface area contributed by atoms with Gasteiger partial charge in [0.25, 0.3) is 5.56 Å². The van der Waals surface area contributed by atoms with Crippen LogP contribution < -0.4 is 16.6 Å². The molecule has 8 heteroatoms. The Morgan fingerprint density at radius 2 is 1.79 bits per heavy atom. The standard InChI is InChI=1S/C21H24FN3O4/c1-11(2)10-29-20(27)15-12(3)23-18-17(19(26)25(5)21(28)24(18)4)16(15)13-6-8-14(22)9-7-13/h6-9,11,16,23H,10H2,1-5H3/t16-/m1/s1. The van der Waals surface area contributed by atoms with Gasteiger partial charge >= 0.3 is 11.7 Å². The van der Waals surface area contributed by atoms with Crippen molar-refractivity contribution in [1.29, 1.82) is 0 Å². The molecule has 0 bridgehead atoms. The first kappa shape index (κ1) is 20.6. The Hall–Kier alpha value is -3.16. The van der Waals surface area contributed by atoms with E-state index in [0.717, 1.165) is 4.57 Å². The van der Waals surface area contributed by atoms with Crippen LogP contribution >= 0.6 is 0 Å². The lowest BCUT2D eigenvalue weighted by Crippen LogP contribution is -2.43. The molecule has 7 nitrogen and oxygen atoms in total. The fourth-order valence-electron chi connectivity index (χ4n) is 3.47. The molecule has 0 aliphatic carbocycles. The van der Waals surface area contributed by atoms with Crippen molar-refractivity contribution in [3.8, 4) is 0 Å². The van der Waals surface area contributed by atoms with Crippen LogP contribution in [0.4, 0.5) is 10.2 Å². The first-order valence-electron chi connectivity index (χ1n) is 9.33. The van der Waals surface area contributed by atoms with Gasteiger partial charge in [-0.25, -0.2) is 14.0 Å². The third kappa shape index (κ3) is 3.62. The summed E-state index contributed by atoms with van der Waals surface area (Å²) in [6.45, 7) is 5.76. The molecule has 1 atom stereocenters. The predicted octanol–water partition coefficient (Wildman–Crippen LogP) is 2.25. The van der Waals surface area contributed by atoms with Crippen molar-refractivity contribution in [3.05, 3.63) is 73.3 Å². The van der Waals surface area contributed by atoms with Crippen LogP contribution in [0, 0.1) is 11.7 Å². The maximum absolute atomic E-state index is 13.5. The van der Waals surface area contributed by atoms with Gasteiger partial charge in [-0.15, -0.1) is 0 Å². The van der Waals surface area contributed by atoms with Crippen LogP contribution in [0.3, 0.4) is 0 Å². The number of carbonyl (C=O) groups excluding carboxylic acids is 1. The number of hydrogen-bond acceptors (Lipinski definition) is 5. The van der Waals surface area contributed by atoms with E-state index in [-0.39, 0.29) is 23.7 Å². The molecule has 1 aliphatic heterocycles. The molecule has 0 amide bonds. The molecule has 29 heavy (non-hydrogen) atoms. The fourth-order valence-corrected chi connectivity index (χ4v) is 3.47. The monoisotopic (exact) mass is 401 g/mol. The van der Waals surface area contributed by atoms with Crippen molar-refractivity contribution >= 4 is 11.8 Å². The lowest BCUT2D eigenvalue weighted by Gasteiger charge is -2.31. The number of carbonyl (C=O) groups is 1. The number of allylic oxidation sites excluding steroid dienone is 1. The number of esters is 1. The van der Waals surface area contributed by atoms with E-state index in [1.807, 2.05) is 13.8 Å². The highest BCUT2D eigenvalue weighted by Gasteiger charge is 2.37. The fraction of sp³-hybridized carbons (Fsp3) is 0.381. The van der Waals surface area contributed by atoms with Crippen molar-refractivity contribution < 1.29 is 13.9 Å². The van der Waals surface area contributed by atoms with Crippen LogP contribution in [0.25, 0.3) is 0 Å². The number of benzene rings is 1. The highest BCUT2D eigenvalue weighted by atomic mass is 19.1. The van der Waals surface area contributed by atoms with Crippen LogP contribution in [0.5, 0.6) is 0 Å². The Bertz CT molecular complexity index is 1110. The molecule has 1 aliphatic rings. The summed E-state index contributed by atoms with van der Waals surface area (Å²) in [5, 5.41) is 3.02. The Morgan fingerprint density at radius 3 is 2.38 bits per heavy atom. The summed E-state index contributed by atoms with van der Waals surface area (Å²) >= 11 is 0. The zero-order valence-electron chi connectivity index (χ0n) is 17.1. The minimum absolute atomic E-state index is 0.140. The summed E-state index contributed by atoms with van der Waals surface area (Å²) in [5.41, 5.74) is 0.526. The molecule has 0 saturated heterocycles. The summed E-state index contributed by atoms with van der Waals surface area (Å²) in [7, 11) is 2.93. The number of ether oxygens (including phenoxy) is 1. The molecule has 0 fully saturated rings. The van der Waals surface area contributed by atoms with Gasteiger partial charge < -0.3 is 10.1 Å². The van der Waals surface area contributed by atoms with Gasteiger partial charge in [0.1, 0.15) is 11.6 Å². The number of halogens is 1. The van der Waals surface area contributed by atoms with E-state index in [1.165, 1.54) is 35.9 Å². The third-order valence-corrected chi connectivity index (χ3v) is 4.96. The number of rotatable bonds is 4. The van der Waals surface area contributed by atoms with Crippen molar-refractivity contribution in [2.75, 3.05) is 11.9 Å². The maximum atomic E-state index is 13.5. The zero-order chi connectivity index (χ0) is 21.5. The average molecular weight is 401 g/mol. The molecule has 1 aromatic carbocycles. The summed E-state index contributed by atoms with van der Waals surface area (Å²) in [4.78, 5) is 38.4. The Morgan fingerprint density at radius 1 is 1.17 bits per heavy atom. The average Bonchev–Trinajstić information content (AvgIpc) is 2.68. The van der Waals surface area contributed by atoms with Gasteiger partial charge in [0.15, 0.2) is 0 Å². The minimum Gasteiger partial charge on any atom is -0.462 e. The number of hydrogen-bond donors (Lipinski definition) is 1. The number of anilines is 1. The first-order chi connectivity index (χ1) is 13.6. The van der Waals surface area contributed by atoms with Crippen molar-refractivity contribution in [1.82, 2.24) is 9.13 Å². The Labute approximate surface area is 167 Å². The second-order valence-electron chi connectivity index (χ2n) is 7.61. The number of nitrogens with one attached hydrogen (secondary N) is 1. The predicted molar refractivity (Wildman–Crippen MR) is 107 cm³/mol. The topological polar surface area (TPSA) is 82.3 Å². The summed E-state index contributed by atoms with van der Waals surface area (Å²) in [6.07, 6.45) is 0. The molecule has 0 unspecified atom stereocenters. The second-order valence-corrected chi connectivity index (χ2v) is 7.61. The lowest BCUT2D eigenvalue weighted by atomic mass is 9.82. The number of fused-ring (bicyclic) bond motifs is 1. The van der Waals surface area contributed by atoms with Crippen LogP contribution in [0.15, 0.2) is 45.1 Å². The van der Waals surface area contributed by atoms with E-state index in [4.69, 9.17) is 4.74 Å². The van der Waals surface area contributed by atoms with Gasteiger partial charge in [-0.05, 0) is 30.5 Å². The number of aromatic nitrogens is 2. The van der Waals surface area contributed by atoms with E-state index in [1.54, 1.807) is 14.0 Å². The molecule has 3 rings (SSSR count). The summed E-state index contributed by atoms with van der Waals surface area (Å²) < 4.78 is 21.3. The molecule has 2 heterocycles. The lowest BCUT2D eigenvalue weighted by molar-refractivity contribution is -0.140. The molecule has 154 valence electrons. The summed E-state index contributed by atoms with van der Waals surface area (Å²) in [6, 6.07) is 5.61. The van der Waals surface area contributed by atoms with E-state index in [2.05, 4.69) is 5.32 Å². The van der Waals surface area contributed by atoms with E-state index >= 15 is 0 Å². The number of nitrogens with zero attached hydrogens (tertiary/aromatic N) is 2. The molecular weight excluding hydrogens is 377 g/mol. The van der Waals surface area contributed by atoms with E-state index in [0.29, 0.717) is 17.1 Å². The van der Waals surface area contributed by atoms with Crippen LogP contribution in [-0.2, 0) is 23.6 Å². The Kier molecular flexibility index (Phi) is 5.46. The van der Waals surface area contributed by atoms with E-state index in [9.17, 15) is 18.8 Å². The van der Waals surface area contributed by atoms with Crippen LogP contribution in [0.2, 0.25) is 0 Å². The zero-order valence-corrected chi connectivity index (χ0v) is 17.1. The van der Waals surface area contributed by atoms with Crippen molar-refractivity contribution in [2.45, 2.75) is 26.7 Å². The van der Waals surface area contributed by atoms with Crippen LogP contribution in [0.1, 0.15) is 37.8 Å². The maximum Gasteiger partial charge on any atom is 0.336 e. The van der Waals surface area contributed by atoms with E-state index < -0.39 is 29.0 Å². The largest absolute Gasteiger partial charge is 0.462 e. The minimum atomic E-state index is -0.794. The smallest absolute Gasteiger partial charge is 0.336 e. The van der Waals surface area contributed by atoms with Crippen LogP contribution in [-0.4, -0.2) is 21.7 Å². The Balaban J connectivity index is 2.28. The van der Waals surface area contributed by atoms with Crippen molar-refractivity contribution in [3.63, 3.8) is 0 Å².